The number of hydrogen-bond donors (Lipinski definition) is 1. The molecule has 1 aromatic heterocycles. The second-order valence-electron chi connectivity index (χ2n) is 6.12. The second-order valence-corrected chi connectivity index (χ2v) is 6.50. The molecule has 2 atom stereocenters. The van der Waals surface area contributed by atoms with Gasteiger partial charge in [-0.25, -0.2) is 14.4 Å². The molecule has 1 saturated heterocycles. The molecule has 2 unspecified atom stereocenters. The van der Waals surface area contributed by atoms with E-state index in [2.05, 4.69) is 15.3 Å². The van der Waals surface area contributed by atoms with Gasteiger partial charge in [0.05, 0.1) is 16.7 Å². The number of aryl methyl sites for hydroxylation is 1. The lowest BCUT2D eigenvalue weighted by atomic mass is 9.93. The van der Waals surface area contributed by atoms with Crippen molar-refractivity contribution >= 4 is 17.5 Å². The summed E-state index contributed by atoms with van der Waals surface area (Å²) in [7, 11) is 0. The molecule has 132 valence electrons. The van der Waals surface area contributed by atoms with Gasteiger partial charge in [0.1, 0.15) is 11.6 Å². The number of benzene rings is 1. The monoisotopic (exact) mass is 363 g/mol. The first-order valence-electron chi connectivity index (χ1n) is 8.17. The number of rotatable bonds is 4. The molecule has 1 aliphatic rings. The van der Waals surface area contributed by atoms with E-state index in [1.807, 2.05) is 6.92 Å². The number of aromatic nitrogens is 2. The summed E-state index contributed by atoms with van der Waals surface area (Å²) in [5.74, 6) is 0.0118. The van der Waals surface area contributed by atoms with Gasteiger partial charge in [0, 0.05) is 31.1 Å². The zero-order valence-corrected chi connectivity index (χ0v) is 14.6. The van der Waals surface area contributed by atoms with Gasteiger partial charge in [0.15, 0.2) is 0 Å². The Hall–Kier alpha value is -2.05. The number of carbonyl (C=O) groups is 1. The van der Waals surface area contributed by atoms with Crippen molar-refractivity contribution in [2.24, 2.45) is 5.92 Å². The summed E-state index contributed by atoms with van der Waals surface area (Å²) in [6.45, 7) is 2.93. The Labute approximate surface area is 150 Å². The van der Waals surface area contributed by atoms with Crippen molar-refractivity contribution in [1.82, 2.24) is 15.3 Å². The van der Waals surface area contributed by atoms with Crippen LogP contribution in [0.15, 0.2) is 30.6 Å². The summed E-state index contributed by atoms with van der Waals surface area (Å²) in [4.78, 5) is 20.6. The molecule has 0 spiro atoms. The van der Waals surface area contributed by atoms with Gasteiger partial charge in [0.2, 0.25) is 0 Å². The van der Waals surface area contributed by atoms with Gasteiger partial charge in [-0.3, -0.25) is 4.79 Å². The number of hydrogen-bond acceptors (Lipinski definition) is 4. The number of halogens is 2. The van der Waals surface area contributed by atoms with Gasteiger partial charge in [-0.05, 0) is 37.8 Å². The normalized spacial score (nSPS) is 20.3. The Morgan fingerprint density at radius 2 is 2.16 bits per heavy atom. The Kier molecular flexibility index (Phi) is 5.60. The molecule has 1 amide bonds. The fourth-order valence-corrected chi connectivity index (χ4v) is 3.08. The highest BCUT2D eigenvalue weighted by Gasteiger charge is 2.25. The highest BCUT2D eigenvalue weighted by Crippen LogP contribution is 2.30. The van der Waals surface area contributed by atoms with E-state index in [1.165, 1.54) is 18.2 Å². The van der Waals surface area contributed by atoms with E-state index in [4.69, 9.17) is 16.3 Å². The van der Waals surface area contributed by atoms with Crippen LogP contribution >= 0.6 is 11.6 Å². The first-order valence-corrected chi connectivity index (χ1v) is 8.54. The van der Waals surface area contributed by atoms with Crippen LogP contribution in [0.3, 0.4) is 0 Å². The van der Waals surface area contributed by atoms with Crippen LogP contribution in [0.25, 0.3) is 0 Å². The average molecular weight is 364 g/mol. The van der Waals surface area contributed by atoms with Crippen LogP contribution in [0.5, 0.6) is 0 Å². The molecule has 7 heteroatoms. The van der Waals surface area contributed by atoms with Crippen LogP contribution < -0.4 is 5.32 Å². The zero-order valence-electron chi connectivity index (χ0n) is 13.8. The summed E-state index contributed by atoms with van der Waals surface area (Å²) < 4.78 is 19.3. The molecule has 1 aromatic carbocycles. The molecule has 0 bridgehead atoms. The van der Waals surface area contributed by atoms with E-state index in [-0.39, 0.29) is 28.5 Å². The number of amides is 1. The topological polar surface area (TPSA) is 64.1 Å². The van der Waals surface area contributed by atoms with Gasteiger partial charge >= 0.3 is 0 Å². The molecule has 1 fully saturated rings. The van der Waals surface area contributed by atoms with Gasteiger partial charge < -0.3 is 10.1 Å². The Bertz CT molecular complexity index is 754. The summed E-state index contributed by atoms with van der Waals surface area (Å²) in [6.07, 6.45) is 5.10. The van der Waals surface area contributed by atoms with Gasteiger partial charge in [-0.15, -0.1) is 0 Å². The van der Waals surface area contributed by atoms with E-state index >= 15 is 0 Å². The summed E-state index contributed by atoms with van der Waals surface area (Å²) >= 11 is 5.86. The Morgan fingerprint density at radius 1 is 1.40 bits per heavy atom. The van der Waals surface area contributed by atoms with Crippen molar-refractivity contribution in [3.05, 3.63) is 58.4 Å². The molecule has 1 N–H and O–H groups in total. The molecule has 2 heterocycles. The quantitative estimate of drug-likeness (QED) is 0.903. The molecule has 3 rings (SSSR count). The van der Waals surface area contributed by atoms with Crippen molar-refractivity contribution < 1.29 is 13.9 Å². The van der Waals surface area contributed by atoms with Crippen LogP contribution in [0.4, 0.5) is 4.39 Å². The molecule has 0 radical (unpaired) electrons. The summed E-state index contributed by atoms with van der Waals surface area (Å²) in [6, 6.07) is 4.21. The SMILES string of the molecule is Cc1ncc(C2CC(CNC(=O)c3cccc(F)c3Cl)CCO2)cn1. The lowest BCUT2D eigenvalue weighted by molar-refractivity contribution is -0.0102. The maximum atomic E-state index is 13.5. The van der Waals surface area contributed by atoms with Crippen LogP contribution in [-0.2, 0) is 4.74 Å². The third-order valence-corrected chi connectivity index (χ3v) is 4.70. The van der Waals surface area contributed by atoms with Crippen LogP contribution in [0.2, 0.25) is 5.02 Å². The third-order valence-electron chi connectivity index (χ3n) is 4.31. The molecule has 0 aliphatic carbocycles. The van der Waals surface area contributed by atoms with Crippen molar-refractivity contribution in [3.63, 3.8) is 0 Å². The van der Waals surface area contributed by atoms with Crippen molar-refractivity contribution in [2.75, 3.05) is 13.2 Å². The highest BCUT2D eigenvalue weighted by molar-refractivity contribution is 6.34. The van der Waals surface area contributed by atoms with Crippen molar-refractivity contribution in [1.29, 1.82) is 0 Å². The molecule has 0 saturated carbocycles. The maximum absolute atomic E-state index is 13.5. The largest absolute Gasteiger partial charge is 0.373 e. The first-order chi connectivity index (χ1) is 12.0. The predicted octanol–water partition coefficient (Wildman–Crippen LogP) is 3.48. The minimum atomic E-state index is -0.597. The highest BCUT2D eigenvalue weighted by atomic mass is 35.5. The average Bonchev–Trinajstić information content (AvgIpc) is 2.63. The van der Waals surface area contributed by atoms with Crippen LogP contribution in [0, 0.1) is 18.7 Å². The number of nitrogens with one attached hydrogen (secondary N) is 1. The minimum absolute atomic E-state index is 0.0750. The van der Waals surface area contributed by atoms with E-state index < -0.39 is 5.82 Å². The minimum Gasteiger partial charge on any atom is -0.373 e. The van der Waals surface area contributed by atoms with Gasteiger partial charge in [-0.1, -0.05) is 17.7 Å². The summed E-state index contributed by atoms with van der Waals surface area (Å²) in [5.41, 5.74) is 1.09. The third kappa shape index (κ3) is 4.32. The van der Waals surface area contributed by atoms with Gasteiger partial charge in [0.25, 0.3) is 5.91 Å². The standard InChI is InChI=1S/C18H19ClFN3O2/c1-11-21-9-13(10-22-11)16-7-12(5-6-25-16)8-23-18(24)14-3-2-4-15(20)17(14)19/h2-4,9-10,12,16H,5-8H2,1H3,(H,23,24). The molecule has 25 heavy (non-hydrogen) atoms. The predicted molar refractivity (Wildman–Crippen MR) is 91.9 cm³/mol. The number of nitrogens with zero attached hydrogens (tertiary/aromatic N) is 2. The fourth-order valence-electron chi connectivity index (χ4n) is 2.86. The molecular weight excluding hydrogens is 345 g/mol. The molecule has 5 nitrogen and oxygen atoms in total. The van der Waals surface area contributed by atoms with E-state index in [0.717, 1.165) is 24.2 Å². The lowest BCUT2D eigenvalue weighted by Gasteiger charge is -2.29. The zero-order chi connectivity index (χ0) is 17.8. The molecule has 1 aliphatic heterocycles. The van der Waals surface area contributed by atoms with Crippen molar-refractivity contribution in [3.8, 4) is 0 Å². The first kappa shape index (κ1) is 17.8. The molecular formula is C18H19ClFN3O2. The fraction of sp³-hybridized carbons (Fsp3) is 0.389. The number of carbonyl (C=O) groups excluding carboxylic acids is 1. The molecule has 2 aromatic rings. The van der Waals surface area contributed by atoms with Crippen molar-refractivity contribution in [2.45, 2.75) is 25.9 Å². The second kappa shape index (κ2) is 7.89. The van der Waals surface area contributed by atoms with E-state index in [9.17, 15) is 9.18 Å². The number of ether oxygens (including phenoxy) is 1. The Balaban J connectivity index is 1.58. The summed E-state index contributed by atoms with van der Waals surface area (Å²) in [5, 5.41) is 2.69. The van der Waals surface area contributed by atoms with Gasteiger partial charge in [-0.2, -0.15) is 0 Å². The smallest absolute Gasteiger partial charge is 0.252 e. The lowest BCUT2D eigenvalue weighted by Crippen LogP contribution is -2.33. The maximum Gasteiger partial charge on any atom is 0.252 e. The van der Waals surface area contributed by atoms with E-state index in [1.54, 1.807) is 12.4 Å². The van der Waals surface area contributed by atoms with Crippen LogP contribution in [0.1, 0.15) is 40.7 Å². The van der Waals surface area contributed by atoms with E-state index in [0.29, 0.717) is 13.2 Å². The van der Waals surface area contributed by atoms with Crippen LogP contribution in [-0.4, -0.2) is 29.0 Å². The Morgan fingerprint density at radius 3 is 2.92 bits per heavy atom.